The Bertz CT molecular complexity index is 828. The number of rotatable bonds is 7. The third-order valence-electron chi connectivity index (χ3n) is 5.59. The van der Waals surface area contributed by atoms with Crippen LogP contribution in [0.5, 0.6) is 0 Å². The molecule has 1 amide bonds. The van der Waals surface area contributed by atoms with Crippen LogP contribution in [0.3, 0.4) is 0 Å². The Morgan fingerprint density at radius 2 is 1.93 bits per heavy atom. The van der Waals surface area contributed by atoms with Gasteiger partial charge in [0.05, 0.1) is 12.0 Å². The minimum absolute atomic E-state index is 0. The summed E-state index contributed by atoms with van der Waals surface area (Å²) in [5, 5.41) is 11.0. The Morgan fingerprint density at radius 1 is 1.20 bits per heavy atom. The van der Waals surface area contributed by atoms with Gasteiger partial charge in [-0.3, -0.25) is 14.5 Å². The fourth-order valence-corrected chi connectivity index (χ4v) is 4.07. The van der Waals surface area contributed by atoms with Crippen molar-refractivity contribution < 1.29 is 4.79 Å². The molecule has 0 unspecified atom stereocenters. The van der Waals surface area contributed by atoms with Crippen LogP contribution in [0.1, 0.15) is 36.8 Å². The number of benzene rings is 1. The van der Waals surface area contributed by atoms with Crippen LogP contribution in [0.2, 0.25) is 0 Å². The Kier molecular flexibility index (Phi) is 9.13. The van der Waals surface area contributed by atoms with E-state index in [0.29, 0.717) is 13.1 Å². The first-order chi connectivity index (χ1) is 14.0. The van der Waals surface area contributed by atoms with E-state index < -0.39 is 0 Å². The average Bonchev–Trinajstić information content (AvgIpc) is 3.40. The molecule has 164 valence electrons. The minimum Gasteiger partial charge on any atom is -0.355 e. The maximum Gasteiger partial charge on any atom is 0.230 e. The largest absolute Gasteiger partial charge is 0.355 e. The summed E-state index contributed by atoms with van der Waals surface area (Å²) in [6.07, 6.45) is 7.84. The number of guanidine groups is 1. The summed E-state index contributed by atoms with van der Waals surface area (Å²) in [5.41, 5.74) is 2.07. The van der Waals surface area contributed by atoms with Gasteiger partial charge in [0.1, 0.15) is 0 Å². The maximum absolute atomic E-state index is 12.7. The monoisotopic (exact) mass is 524 g/mol. The molecule has 0 radical (unpaired) electrons. The Morgan fingerprint density at radius 3 is 2.57 bits per heavy atom. The molecule has 0 aliphatic heterocycles. The van der Waals surface area contributed by atoms with Gasteiger partial charge in [0.15, 0.2) is 5.96 Å². The molecule has 0 bridgehead atoms. The van der Waals surface area contributed by atoms with E-state index in [4.69, 9.17) is 0 Å². The van der Waals surface area contributed by atoms with Gasteiger partial charge in [-0.1, -0.05) is 37.1 Å². The number of nitrogens with one attached hydrogen (secondary N) is 2. The van der Waals surface area contributed by atoms with Crippen LogP contribution < -0.4 is 10.6 Å². The zero-order valence-corrected chi connectivity index (χ0v) is 20.4. The molecule has 1 saturated carbocycles. The Balaban J connectivity index is 0.00000320. The van der Waals surface area contributed by atoms with Gasteiger partial charge in [-0.25, -0.2) is 0 Å². The maximum atomic E-state index is 12.7. The average molecular weight is 524 g/mol. The van der Waals surface area contributed by atoms with Gasteiger partial charge >= 0.3 is 0 Å². The predicted octanol–water partition coefficient (Wildman–Crippen LogP) is 2.86. The number of nitrogens with zero attached hydrogens (tertiary/aromatic N) is 4. The molecule has 8 heteroatoms. The van der Waals surface area contributed by atoms with Crippen LogP contribution >= 0.6 is 24.0 Å². The van der Waals surface area contributed by atoms with Gasteiger partial charge in [0.2, 0.25) is 5.91 Å². The minimum atomic E-state index is -0.315. The van der Waals surface area contributed by atoms with Gasteiger partial charge in [-0.2, -0.15) is 5.10 Å². The summed E-state index contributed by atoms with van der Waals surface area (Å²) in [5.74, 6) is 0.935. The summed E-state index contributed by atoms with van der Waals surface area (Å²) in [4.78, 5) is 18.8. The van der Waals surface area contributed by atoms with Crippen molar-refractivity contribution in [3.05, 3.63) is 53.9 Å². The first kappa shape index (κ1) is 24.2. The summed E-state index contributed by atoms with van der Waals surface area (Å²) >= 11 is 0. The zero-order valence-electron chi connectivity index (χ0n) is 18.1. The van der Waals surface area contributed by atoms with E-state index >= 15 is 0 Å². The second-order valence-electron chi connectivity index (χ2n) is 7.99. The smallest absolute Gasteiger partial charge is 0.230 e. The molecule has 0 saturated heterocycles. The molecule has 1 fully saturated rings. The van der Waals surface area contributed by atoms with Crippen molar-refractivity contribution in [2.75, 3.05) is 27.7 Å². The lowest BCUT2D eigenvalue weighted by molar-refractivity contribution is -0.138. The number of halogens is 1. The van der Waals surface area contributed by atoms with E-state index in [2.05, 4.69) is 45.0 Å². The van der Waals surface area contributed by atoms with Crippen molar-refractivity contribution in [1.82, 2.24) is 25.3 Å². The fraction of sp³-hybridized carbons (Fsp3) is 0.500. The molecular weight excluding hydrogens is 491 g/mol. The van der Waals surface area contributed by atoms with Crippen LogP contribution in [-0.2, 0) is 17.9 Å². The third-order valence-corrected chi connectivity index (χ3v) is 5.59. The molecule has 1 aliphatic carbocycles. The fourth-order valence-electron chi connectivity index (χ4n) is 4.07. The summed E-state index contributed by atoms with van der Waals surface area (Å²) in [6.45, 7) is 2.03. The molecule has 1 heterocycles. The van der Waals surface area contributed by atoms with Crippen molar-refractivity contribution in [1.29, 1.82) is 0 Å². The van der Waals surface area contributed by atoms with E-state index in [-0.39, 0.29) is 35.3 Å². The van der Waals surface area contributed by atoms with Gasteiger partial charge in [-0.05, 0) is 30.0 Å². The summed E-state index contributed by atoms with van der Waals surface area (Å²) < 4.78 is 1.91. The quantitative estimate of drug-likeness (QED) is 0.332. The number of amides is 1. The molecular formula is C22H33IN6O. The second-order valence-corrected chi connectivity index (χ2v) is 7.99. The van der Waals surface area contributed by atoms with E-state index in [9.17, 15) is 4.79 Å². The molecule has 0 atom stereocenters. The molecule has 3 rings (SSSR count). The van der Waals surface area contributed by atoms with Gasteiger partial charge in [0.25, 0.3) is 0 Å². The molecule has 2 N–H and O–H groups in total. The number of aromatic nitrogens is 2. The molecule has 0 spiro atoms. The van der Waals surface area contributed by atoms with Gasteiger partial charge in [0, 0.05) is 46.6 Å². The van der Waals surface area contributed by atoms with Crippen LogP contribution in [0.4, 0.5) is 0 Å². The number of carbonyl (C=O) groups excluding carboxylic acids is 1. The standard InChI is InChI=1S/C22H32N6O.HI/c1-23-21(25-17-22(10-4-5-11-22)20(29)27(2)3)24-15-18-8-6-9-19(14-18)16-28-13-7-12-26-28;/h6-9,12-14H,4-5,10-11,15-17H2,1-3H3,(H2,23,24,25);1H. The Hall–Kier alpha value is -2.10. The van der Waals surface area contributed by atoms with E-state index in [1.54, 1.807) is 18.1 Å². The summed E-state index contributed by atoms with van der Waals surface area (Å²) in [6, 6.07) is 10.4. The SMILES string of the molecule is CN=C(NCc1cccc(Cn2cccn2)c1)NCC1(C(=O)N(C)C)CCCC1.I. The molecule has 1 aliphatic rings. The zero-order chi connectivity index (χ0) is 20.7. The van der Waals surface area contributed by atoms with Crippen molar-refractivity contribution in [2.45, 2.75) is 38.8 Å². The van der Waals surface area contributed by atoms with Gasteiger partial charge < -0.3 is 15.5 Å². The Labute approximate surface area is 196 Å². The van der Waals surface area contributed by atoms with Crippen molar-refractivity contribution in [3.63, 3.8) is 0 Å². The first-order valence-electron chi connectivity index (χ1n) is 10.2. The van der Waals surface area contributed by atoms with Crippen molar-refractivity contribution in [2.24, 2.45) is 10.4 Å². The molecule has 2 aromatic rings. The lowest BCUT2D eigenvalue weighted by Gasteiger charge is -2.31. The normalized spacial score (nSPS) is 15.4. The summed E-state index contributed by atoms with van der Waals surface area (Å²) in [7, 11) is 5.44. The highest BCUT2D eigenvalue weighted by molar-refractivity contribution is 14.0. The number of hydrogen-bond donors (Lipinski definition) is 2. The highest BCUT2D eigenvalue weighted by atomic mass is 127. The second kappa shape index (κ2) is 11.3. The molecule has 1 aromatic carbocycles. The van der Waals surface area contributed by atoms with E-state index in [0.717, 1.165) is 38.2 Å². The number of aliphatic imine (C=N–C) groups is 1. The predicted molar refractivity (Wildman–Crippen MR) is 131 cm³/mol. The van der Waals surface area contributed by atoms with Crippen LogP contribution in [-0.4, -0.2) is 54.2 Å². The third kappa shape index (κ3) is 6.20. The van der Waals surface area contributed by atoms with Crippen molar-refractivity contribution >= 4 is 35.8 Å². The highest BCUT2D eigenvalue weighted by Gasteiger charge is 2.42. The molecule has 7 nitrogen and oxygen atoms in total. The van der Waals surface area contributed by atoms with Crippen LogP contribution in [0.25, 0.3) is 0 Å². The van der Waals surface area contributed by atoms with Crippen LogP contribution in [0.15, 0.2) is 47.7 Å². The molecule has 1 aromatic heterocycles. The molecule has 30 heavy (non-hydrogen) atoms. The van der Waals surface area contributed by atoms with Crippen molar-refractivity contribution in [3.8, 4) is 0 Å². The lowest BCUT2D eigenvalue weighted by Crippen LogP contribution is -2.49. The van der Waals surface area contributed by atoms with E-state index in [1.165, 1.54) is 11.1 Å². The highest BCUT2D eigenvalue weighted by Crippen LogP contribution is 2.38. The first-order valence-corrected chi connectivity index (χ1v) is 10.2. The lowest BCUT2D eigenvalue weighted by atomic mass is 9.84. The topological polar surface area (TPSA) is 74.5 Å². The van der Waals surface area contributed by atoms with E-state index in [1.807, 2.05) is 31.0 Å². The number of hydrogen-bond acceptors (Lipinski definition) is 3. The van der Waals surface area contributed by atoms with Gasteiger partial charge in [-0.15, -0.1) is 24.0 Å². The number of carbonyl (C=O) groups is 1. The van der Waals surface area contributed by atoms with Crippen LogP contribution in [0, 0.1) is 5.41 Å².